The summed E-state index contributed by atoms with van der Waals surface area (Å²) >= 11 is 6.25. The monoisotopic (exact) mass is 550 g/mol. The number of rotatable bonds is 4. The zero-order valence-electron chi connectivity index (χ0n) is 19.5. The van der Waals surface area contributed by atoms with Gasteiger partial charge < -0.3 is 14.5 Å². The van der Waals surface area contributed by atoms with Crippen LogP contribution < -0.4 is 9.64 Å². The molecule has 0 radical (unpaired) electrons. The second kappa shape index (κ2) is 10.3. The molecule has 2 heterocycles. The Balaban J connectivity index is 0.00000320. The third kappa shape index (κ3) is 5.00. The first-order chi connectivity index (χ1) is 17.2. The van der Waals surface area contributed by atoms with Crippen molar-refractivity contribution in [1.29, 1.82) is 0 Å². The van der Waals surface area contributed by atoms with E-state index in [0.29, 0.717) is 53.8 Å². The van der Waals surface area contributed by atoms with Crippen molar-refractivity contribution in [3.05, 3.63) is 94.5 Å². The van der Waals surface area contributed by atoms with Crippen molar-refractivity contribution >= 4 is 41.6 Å². The molecule has 0 aliphatic carbocycles. The molecule has 1 amide bonds. The Labute approximate surface area is 223 Å². The average molecular weight is 551 g/mol. The first kappa shape index (κ1) is 26.8. The molecule has 3 aromatic carbocycles. The van der Waals surface area contributed by atoms with Crippen LogP contribution in [0.25, 0.3) is 0 Å². The van der Waals surface area contributed by atoms with Crippen LogP contribution in [0.4, 0.5) is 18.9 Å². The molecule has 5 nitrogen and oxygen atoms in total. The highest BCUT2D eigenvalue weighted by atomic mass is 35.5. The summed E-state index contributed by atoms with van der Waals surface area (Å²) < 4.78 is 44.9. The highest BCUT2D eigenvalue weighted by molar-refractivity contribution is 6.30. The summed E-state index contributed by atoms with van der Waals surface area (Å²) in [7, 11) is 0. The van der Waals surface area contributed by atoms with Crippen molar-refractivity contribution < 1.29 is 27.5 Å². The maximum Gasteiger partial charge on any atom is 0.416 e. The number of carbonyl (C=O) groups excluding carboxylic acids is 2. The average Bonchev–Trinajstić information content (AvgIpc) is 3.15. The van der Waals surface area contributed by atoms with Gasteiger partial charge >= 0.3 is 12.1 Å². The van der Waals surface area contributed by atoms with E-state index in [2.05, 4.69) is 0 Å². The Morgan fingerprint density at radius 1 is 0.946 bits per heavy atom. The van der Waals surface area contributed by atoms with Crippen molar-refractivity contribution in [2.75, 3.05) is 31.1 Å². The van der Waals surface area contributed by atoms with Crippen LogP contribution >= 0.6 is 24.0 Å². The van der Waals surface area contributed by atoms with Crippen LogP contribution in [-0.4, -0.2) is 43.0 Å². The number of amides is 1. The summed E-state index contributed by atoms with van der Waals surface area (Å²) in [5, 5.41) is 0.425. The number of nitrogens with zero attached hydrogens (tertiary/aromatic N) is 2. The second-order valence-electron chi connectivity index (χ2n) is 8.89. The van der Waals surface area contributed by atoms with Crippen LogP contribution in [0.2, 0.25) is 5.02 Å². The van der Waals surface area contributed by atoms with E-state index < -0.39 is 23.1 Å². The zero-order valence-corrected chi connectivity index (χ0v) is 21.1. The third-order valence-electron chi connectivity index (χ3n) is 6.81. The van der Waals surface area contributed by atoms with Gasteiger partial charge in [0.1, 0.15) is 11.2 Å². The van der Waals surface area contributed by atoms with Gasteiger partial charge in [-0.3, -0.25) is 9.59 Å². The maximum absolute atomic E-state index is 13.5. The number of piperazine rings is 1. The third-order valence-corrected chi connectivity index (χ3v) is 7.04. The van der Waals surface area contributed by atoms with Crippen LogP contribution in [0.15, 0.2) is 72.8 Å². The Morgan fingerprint density at radius 2 is 1.65 bits per heavy atom. The minimum Gasteiger partial charge on any atom is -0.425 e. The number of ether oxygens (including phenoxy) is 1. The molecule has 0 spiro atoms. The van der Waals surface area contributed by atoms with Gasteiger partial charge in [0.15, 0.2) is 0 Å². The summed E-state index contributed by atoms with van der Waals surface area (Å²) in [5.74, 6) is -0.412. The normalized spacial score (nSPS) is 19.2. The fourth-order valence-corrected chi connectivity index (χ4v) is 5.09. The molecular formula is C27H23Cl2F3N2O3. The molecule has 1 fully saturated rings. The van der Waals surface area contributed by atoms with Crippen LogP contribution in [0.5, 0.6) is 5.75 Å². The summed E-state index contributed by atoms with van der Waals surface area (Å²) in [6.07, 6.45) is -4.57. The Morgan fingerprint density at radius 3 is 2.32 bits per heavy atom. The number of benzene rings is 3. The SMILES string of the molecule is Cl.O=C(CC1(c2ccccc2)C(=O)Oc2ccc(Cl)cc21)N1CCN(c2cccc(C(F)(F)F)c2)CC1. The quantitative estimate of drug-likeness (QED) is 0.307. The molecule has 1 unspecified atom stereocenters. The van der Waals surface area contributed by atoms with Gasteiger partial charge in [0.05, 0.1) is 12.0 Å². The Hall–Kier alpha value is -3.23. The maximum atomic E-state index is 13.5. The van der Waals surface area contributed by atoms with Crippen LogP contribution in [-0.2, 0) is 21.2 Å². The van der Waals surface area contributed by atoms with Gasteiger partial charge in [-0.25, -0.2) is 0 Å². The lowest BCUT2D eigenvalue weighted by atomic mass is 9.72. The van der Waals surface area contributed by atoms with E-state index in [0.717, 1.165) is 12.1 Å². The molecule has 1 saturated heterocycles. The first-order valence-corrected chi connectivity index (χ1v) is 11.8. The number of anilines is 1. The fraction of sp³-hybridized carbons (Fsp3) is 0.259. The molecule has 1 atom stereocenters. The lowest BCUT2D eigenvalue weighted by Crippen LogP contribution is -2.51. The number of fused-ring (bicyclic) bond motifs is 1. The summed E-state index contributed by atoms with van der Waals surface area (Å²) in [5.41, 5.74) is -0.411. The molecule has 3 aromatic rings. The standard InChI is InChI=1S/C27H22ClF3N2O3.ClH/c28-20-9-10-23-22(16-20)26(25(35)36-23,18-5-2-1-3-6-18)17-24(34)33-13-11-32(12-14-33)21-8-4-7-19(15-21)27(29,30)31;/h1-10,15-16H,11-14,17H2;1H. The number of hydrogen-bond acceptors (Lipinski definition) is 4. The molecule has 0 aromatic heterocycles. The molecule has 10 heteroatoms. The predicted octanol–water partition coefficient (Wildman–Crippen LogP) is 5.72. The van der Waals surface area contributed by atoms with Crippen molar-refractivity contribution in [2.24, 2.45) is 0 Å². The molecule has 0 N–H and O–H groups in total. The van der Waals surface area contributed by atoms with Gasteiger partial charge in [-0.1, -0.05) is 48.0 Å². The molecule has 5 rings (SSSR count). The van der Waals surface area contributed by atoms with Gasteiger partial charge in [-0.2, -0.15) is 13.2 Å². The van der Waals surface area contributed by atoms with Crippen LogP contribution in [0, 0.1) is 0 Å². The first-order valence-electron chi connectivity index (χ1n) is 11.5. The van der Waals surface area contributed by atoms with Crippen LogP contribution in [0.3, 0.4) is 0 Å². The smallest absolute Gasteiger partial charge is 0.416 e. The van der Waals surface area contributed by atoms with E-state index >= 15 is 0 Å². The van der Waals surface area contributed by atoms with E-state index in [1.165, 1.54) is 6.07 Å². The van der Waals surface area contributed by atoms with Crippen molar-refractivity contribution in [1.82, 2.24) is 4.90 Å². The molecular weight excluding hydrogens is 528 g/mol. The molecule has 194 valence electrons. The van der Waals surface area contributed by atoms with E-state index in [1.807, 2.05) is 11.0 Å². The Bertz CT molecular complexity index is 1310. The minimum atomic E-state index is -4.42. The highest BCUT2D eigenvalue weighted by Gasteiger charge is 2.52. The minimum absolute atomic E-state index is 0. The number of alkyl halides is 3. The number of halogens is 5. The summed E-state index contributed by atoms with van der Waals surface area (Å²) in [4.78, 5) is 30.3. The second-order valence-corrected chi connectivity index (χ2v) is 9.33. The van der Waals surface area contributed by atoms with Gasteiger partial charge in [0.2, 0.25) is 5.91 Å². The molecule has 2 aliphatic rings. The number of esters is 1. The number of hydrogen-bond donors (Lipinski definition) is 0. The summed E-state index contributed by atoms with van der Waals surface area (Å²) in [6, 6.07) is 19.1. The van der Waals surface area contributed by atoms with Gasteiger partial charge in [-0.15, -0.1) is 12.4 Å². The Kier molecular flexibility index (Phi) is 7.44. The van der Waals surface area contributed by atoms with E-state index in [9.17, 15) is 22.8 Å². The van der Waals surface area contributed by atoms with Crippen LogP contribution in [0.1, 0.15) is 23.1 Å². The lowest BCUT2D eigenvalue weighted by Gasteiger charge is -2.38. The summed E-state index contributed by atoms with van der Waals surface area (Å²) in [6.45, 7) is 1.38. The van der Waals surface area contributed by atoms with E-state index in [1.54, 1.807) is 53.4 Å². The predicted molar refractivity (Wildman–Crippen MR) is 136 cm³/mol. The largest absolute Gasteiger partial charge is 0.425 e. The molecule has 0 bridgehead atoms. The van der Waals surface area contributed by atoms with E-state index in [-0.39, 0.29) is 24.7 Å². The molecule has 0 saturated carbocycles. The van der Waals surface area contributed by atoms with Gasteiger partial charge in [-0.05, 0) is 42.0 Å². The molecule has 2 aliphatic heterocycles. The molecule has 37 heavy (non-hydrogen) atoms. The van der Waals surface area contributed by atoms with Gasteiger partial charge in [0.25, 0.3) is 0 Å². The van der Waals surface area contributed by atoms with Gasteiger partial charge in [0, 0.05) is 42.5 Å². The fourth-order valence-electron chi connectivity index (χ4n) is 4.92. The van der Waals surface area contributed by atoms with Crippen molar-refractivity contribution in [3.8, 4) is 5.75 Å². The van der Waals surface area contributed by atoms with Crippen molar-refractivity contribution in [3.63, 3.8) is 0 Å². The lowest BCUT2D eigenvalue weighted by molar-refractivity contribution is -0.142. The van der Waals surface area contributed by atoms with E-state index in [4.69, 9.17) is 16.3 Å². The number of carbonyl (C=O) groups is 2. The zero-order chi connectivity index (χ0) is 25.5. The van der Waals surface area contributed by atoms with Crippen molar-refractivity contribution in [2.45, 2.75) is 18.0 Å². The highest BCUT2D eigenvalue weighted by Crippen LogP contribution is 2.48. The topological polar surface area (TPSA) is 49.9 Å².